The van der Waals surface area contributed by atoms with E-state index < -0.39 is 17.9 Å². The minimum absolute atomic E-state index is 0.0151. The van der Waals surface area contributed by atoms with Gasteiger partial charge in [0.25, 0.3) is 0 Å². The Morgan fingerprint density at radius 2 is 1.72 bits per heavy atom. The molecule has 2 aromatic carbocycles. The molecule has 0 spiro atoms. The maximum absolute atomic E-state index is 12.5. The number of ketones is 1. The Balaban J connectivity index is 1.99. The van der Waals surface area contributed by atoms with E-state index in [-0.39, 0.29) is 30.8 Å². The molecule has 0 radical (unpaired) electrons. The fourth-order valence-corrected chi connectivity index (χ4v) is 2.87. The molecule has 2 aromatic rings. The molecular weight excluding hydrogens is 374 g/mol. The number of hydrogen-bond donors (Lipinski definition) is 2. The Hall–Kier alpha value is -3.35. The zero-order chi connectivity index (χ0) is 21.4. The lowest BCUT2D eigenvalue weighted by atomic mass is 10.0. The quantitative estimate of drug-likeness (QED) is 0.496. The summed E-state index contributed by atoms with van der Waals surface area (Å²) in [6.45, 7) is 1.87. The smallest absolute Gasteiger partial charge is 0.328 e. The van der Waals surface area contributed by atoms with Crippen molar-refractivity contribution < 1.29 is 29.0 Å². The lowest BCUT2D eigenvalue weighted by Gasteiger charge is -2.17. The summed E-state index contributed by atoms with van der Waals surface area (Å²) >= 11 is 0. The SMILES string of the molecule is COC(=O)C(Cc1ccc(O)cc1)NC(=O)CCC(=O)c1cc(C)ccc1OC. The summed E-state index contributed by atoms with van der Waals surface area (Å²) in [4.78, 5) is 36.9. The number of methoxy groups -OCH3 is 2. The Bertz CT molecular complexity index is 875. The fraction of sp³-hybridized carbons (Fsp3) is 0.318. The summed E-state index contributed by atoms with van der Waals surface area (Å²) in [5.74, 6) is -0.663. The van der Waals surface area contributed by atoms with Gasteiger partial charge in [0.05, 0.1) is 19.8 Å². The minimum Gasteiger partial charge on any atom is -0.508 e. The molecule has 1 atom stereocenters. The van der Waals surface area contributed by atoms with Gasteiger partial charge in [0.1, 0.15) is 17.5 Å². The second kappa shape index (κ2) is 10.3. The van der Waals surface area contributed by atoms with E-state index >= 15 is 0 Å². The zero-order valence-corrected chi connectivity index (χ0v) is 16.7. The molecule has 0 aliphatic carbocycles. The third-order valence-electron chi connectivity index (χ3n) is 4.43. The number of phenolic OH excluding ortho intramolecular Hbond substituents is 1. The summed E-state index contributed by atoms with van der Waals surface area (Å²) in [6.07, 6.45) is 0.121. The number of ether oxygens (including phenoxy) is 2. The highest BCUT2D eigenvalue weighted by Crippen LogP contribution is 2.21. The van der Waals surface area contributed by atoms with Crippen molar-refractivity contribution in [3.8, 4) is 11.5 Å². The first kappa shape index (κ1) is 21.9. The van der Waals surface area contributed by atoms with Crippen LogP contribution in [0.25, 0.3) is 0 Å². The third kappa shape index (κ3) is 6.34. The molecule has 1 unspecified atom stereocenters. The minimum atomic E-state index is -0.888. The first-order chi connectivity index (χ1) is 13.8. The Morgan fingerprint density at radius 1 is 1.03 bits per heavy atom. The van der Waals surface area contributed by atoms with Gasteiger partial charge in [0.2, 0.25) is 5.91 Å². The maximum Gasteiger partial charge on any atom is 0.328 e. The standard InChI is InChI=1S/C22H25NO6/c1-14-4-10-20(28-2)17(12-14)19(25)9-11-21(26)23-18(22(27)29-3)13-15-5-7-16(24)8-6-15/h4-8,10,12,18,24H,9,11,13H2,1-3H3,(H,23,26). The van der Waals surface area contributed by atoms with Crippen molar-refractivity contribution in [1.82, 2.24) is 5.32 Å². The van der Waals surface area contributed by atoms with Crippen molar-refractivity contribution >= 4 is 17.7 Å². The highest BCUT2D eigenvalue weighted by atomic mass is 16.5. The van der Waals surface area contributed by atoms with Gasteiger partial charge >= 0.3 is 5.97 Å². The number of carbonyl (C=O) groups excluding carboxylic acids is 3. The normalized spacial score (nSPS) is 11.4. The molecule has 29 heavy (non-hydrogen) atoms. The van der Waals surface area contributed by atoms with Crippen LogP contribution < -0.4 is 10.1 Å². The molecular formula is C22H25NO6. The number of amides is 1. The lowest BCUT2D eigenvalue weighted by molar-refractivity contribution is -0.145. The van der Waals surface area contributed by atoms with Gasteiger partial charge in [-0.3, -0.25) is 9.59 Å². The van der Waals surface area contributed by atoms with E-state index in [1.54, 1.807) is 24.3 Å². The van der Waals surface area contributed by atoms with Crippen LogP contribution in [-0.2, 0) is 20.7 Å². The molecule has 0 saturated carbocycles. The van der Waals surface area contributed by atoms with Crippen LogP contribution in [0.3, 0.4) is 0 Å². The highest BCUT2D eigenvalue weighted by Gasteiger charge is 2.23. The van der Waals surface area contributed by atoms with Gasteiger partial charge in [-0.1, -0.05) is 23.8 Å². The van der Waals surface area contributed by atoms with Gasteiger partial charge in [-0.2, -0.15) is 0 Å². The van der Waals surface area contributed by atoms with Gasteiger partial charge in [-0.25, -0.2) is 4.79 Å². The number of phenols is 1. The van der Waals surface area contributed by atoms with Crippen molar-refractivity contribution in [3.63, 3.8) is 0 Å². The number of rotatable bonds is 9. The van der Waals surface area contributed by atoms with Gasteiger partial charge in [0, 0.05) is 19.3 Å². The van der Waals surface area contributed by atoms with E-state index in [0.29, 0.717) is 11.3 Å². The van der Waals surface area contributed by atoms with Gasteiger partial charge in [-0.15, -0.1) is 0 Å². The molecule has 0 heterocycles. The molecule has 0 aromatic heterocycles. The van der Waals surface area contributed by atoms with Gasteiger partial charge in [-0.05, 0) is 36.8 Å². The lowest BCUT2D eigenvalue weighted by Crippen LogP contribution is -2.43. The van der Waals surface area contributed by atoms with Crippen molar-refractivity contribution in [2.75, 3.05) is 14.2 Å². The molecule has 1 amide bonds. The maximum atomic E-state index is 12.5. The van der Waals surface area contributed by atoms with Gasteiger partial charge < -0.3 is 19.9 Å². The van der Waals surface area contributed by atoms with Crippen LogP contribution in [0.15, 0.2) is 42.5 Å². The number of aryl methyl sites for hydroxylation is 1. The topological polar surface area (TPSA) is 102 Å². The van der Waals surface area contributed by atoms with Crippen LogP contribution in [0, 0.1) is 6.92 Å². The Kier molecular flexibility index (Phi) is 7.77. The number of carbonyl (C=O) groups is 3. The predicted molar refractivity (Wildman–Crippen MR) is 107 cm³/mol. The predicted octanol–water partition coefficient (Wildman–Crippen LogP) is 2.57. The summed E-state index contributed by atoms with van der Waals surface area (Å²) < 4.78 is 9.97. The summed E-state index contributed by atoms with van der Waals surface area (Å²) in [6, 6.07) is 10.7. The first-order valence-electron chi connectivity index (χ1n) is 9.17. The summed E-state index contributed by atoms with van der Waals surface area (Å²) in [7, 11) is 2.73. The molecule has 0 fully saturated rings. The van der Waals surface area contributed by atoms with Crippen LogP contribution in [0.5, 0.6) is 11.5 Å². The monoisotopic (exact) mass is 399 g/mol. The van der Waals surface area contributed by atoms with E-state index in [2.05, 4.69) is 5.32 Å². The van der Waals surface area contributed by atoms with E-state index in [0.717, 1.165) is 11.1 Å². The largest absolute Gasteiger partial charge is 0.508 e. The molecule has 2 rings (SSSR count). The molecule has 0 aliphatic rings. The Morgan fingerprint density at radius 3 is 2.34 bits per heavy atom. The molecule has 7 heteroatoms. The number of Topliss-reactive ketones (excluding diaryl/α,β-unsaturated/α-hetero) is 1. The summed E-state index contributed by atoms with van der Waals surface area (Å²) in [5.41, 5.74) is 2.09. The second-order valence-corrected chi connectivity index (χ2v) is 6.64. The Labute approximate surface area is 169 Å². The number of esters is 1. The van der Waals surface area contributed by atoms with E-state index in [4.69, 9.17) is 9.47 Å². The third-order valence-corrected chi connectivity index (χ3v) is 4.43. The van der Waals surface area contributed by atoms with E-state index in [1.807, 2.05) is 13.0 Å². The van der Waals surface area contributed by atoms with Crippen molar-refractivity contribution in [3.05, 3.63) is 59.2 Å². The van der Waals surface area contributed by atoms with Crippen molar-refractivity contribution in [2.24, 2.45) is 0 Å². The fourth-order valence-electron chi connectivity index (χ4n) is 2.87. The van der Waals surface area contributed by atoms with Gasteiger partial charge in [0.15, 0.2) is 5.78 Å². The van der Waals surface area contributed by atoms with Crippen molar-refractivity contribution in [1.29, 1.82) is 0 Å². The average Bonchev–Trinajstić information content (AvgIpc) is 2.72. The van der Waals surface area contributed by atoms with Crippen molar-refractivity contribution in [2.45, 2.75) is 32.2 Å². The van der Waals surface area contributed by atoms with Crippen LogP contribution in [0.1, 0.15) is 34.3 Å². The van der Waals surface area contributed by atoms with E-state index in [1.165, 1.54) is 26.4 Å². The molecule has 7 nitrogen and oxygen atoms in total. The highest BCUT2D eigenvalue weighted by molar-refractivity contribution is 6.00. The van der Waals surface area contributed by atoms with Crippen LogP contribution in [-0.4, -0.2) is 43.0 Å². The number of aromatic hydroxyl groups is 1. The molecule has 0 aliphatic heterocycles. The number of nitrogens with one attached hydrogen (secondary N) is 1. The number of hydrogen-bond acceptors (Lipinski definition) is 6. The first-order valence-corrected chi connectivity index (χ1v) is 9.17. The summed E-state index contributed by atoms with van der Waals surface area (Å²) in [5, 5.41) is 12.0. The number of benzene rings is 2. The molecule has 2 N–H and O–H groups in total. The van der Waals surface area contributed by atoms with Crippen LogP contribution in [0.4, 0.5) is 0 Å². The molecule has 0 saturated heterocycles. The average molecular weight is 399 g/mol. The zero-order valence-electron chi connectivity index (χ0n) is 16.7. The molecule has 0 bridgehead atoms. The van der Waals surface area contributed by atoms with E-state index in [9.17, 15) is 19.5 Å². The second-order valence-electron chi connectivity index (χ2n) is 6.64. The van der Waals surface area contributed by atoms with Crippen LogP contribution >= 0.6 is 0 Å². The molecule has 154 valence electrons. The van der Waals surface area contributed by atoms with Crippen LogP contribution in [0.2, 0.25) is 0 Å².